The lowest BCUT2D eigenvalue weighted by Gasteiger charge is -2.26. The first kappa shape index (κ1) is 30.8. The van der Waals surface area contributed by atoms with Gasteiger partial charge < -0.3 is 19.1 Å². The van der Waals surface area contributed by atoms with Gasteiger partial charge in [0.1, 0.15) is 4.53 Å². The number of carbonyl (C=O) groups excluding carboxylic acids is 2. The minimum Gasteiger partial charge on any atom is -0.493 e. The van der Waals surface area contributed by atoms with E-state index in [0.717, 1.165) is 16.9 Å². The van der Waals surface area contributed by atoms with Gasteiger partial charge in [0, 0.05) is 15.1 Å². The summed E-state index contributed by atoms with van der Waals surface area (Å²) in [5.74, 6) is -0.0206. The van der Waals surface area contributed by atoms with Crippen LogP contribution in [0.3, 0.4) is 0 Å². The summed E-state index contributed by atoms with van der Waals surface area (Å²) in [6, 6.07) is 17.2. The molecular weight excluding hydrogens is 682 g/mol. The number of methoxy groups -OCH3 is 2. The average molecular weight is 709 g/mol. The number of ether oxygens (including phenoxy) is 3. The van der Waals surface area contributed by atoms with Crippen LogP contribution in [0, 0.1) is 0 Å². The second-order valence-corrected chi connectivity index (χ2v) is 12.5. The van der Waals surface area contributed by atoms with E-state index < -0.39 is 17.6 Å². The summed E-state index contributed by atoms with van der Waals surface area (Å²) < 4.78 is 18.7. The fourth-order valence-electron chi connectivity index (χ4n) is 5.64. The molecule has 1 atom stereocenters. The lowest BCUT2D eigenvalue weighted by atomic mass is 9.95. The Morgan fingerprint density at radius 1 is 1.04 bits per heavy atom. The number of amides is 1. The minimum absolute atomic E-state index is 0.138. The molecule has 0 saturated carbocycles. The van der Waals surface area contributed by atoms with Crippen molar-refractivity contribution in [3.63, 3.8) is 0 Å². The maximum absolute atomic E-state index is 14.5. The van der Waals surface area contributed by atoms with Gasteiger partial charge in [-0.1, -0.05) is 69.2 Å². The third kappa shape index (κ3) is 5.28. The standard InChI is InChI=1S/C33H27BrClN3O6S/c1-5-44-32(41)26-17(2)36-33-38(28(26)21-14-24(42-3)25(43-4)15-22(21)34)31(40)29(45-33)27-20-8-6-7-9-23(20)37(30(27)39)16-18-10-12-19(35)13-11-18/h6-15,28H,5,16H2,1-4H3/b29-27+/t28-/m1/s1. The third-order valence-electron chi connectivity index (χ3n) is 7.69. The molecule has 0 saturated heterocycles. The van der Waals surface area contributed by atoms with E-state index in [1.54, 1.807) is 43.0 Å². The van der Waals surface area contributed by atoms with Crippen LogP contribution in [0.4, 0.5) is 5.69 Å². The molecule has 0 N–H and O–H groups in total. The van der Waals surface area contributed by atoms with E-state index in [-0.39, 0.29) is 28.2 Å². The Bertz CT molecular complexity index is 2090. The van der Waals surface area contributed by atoms with Crippen LogP contribution >= 0.6 is 38.9 Å². The summed E-state index contributed by atoms with van der Waals surface area (Å²) >= 11 is 10.8. The number of thiazole rings is 1. The number of esters is 1. The van der Waals surface area contributed by atoms with Gasteiger partial charge in [0.25, 0.3) is 11.5 Å². The second kappa shape index (κ2) is 12.3. The number of aromatic nitrogens is 1. The Morgan fingerprint density at radius 2 is 1.73 bits per heavy atom. The van der Waals surface area contributed by atoms with Crippen molar-refractivity contribution in [2.75, 3.05) is 25.7 Å². The fraction of sp³-hybridized carbons (Fsp3) is 0.212. The number of nitrogens with zero attached hydrogens (tertiary/aromatic N) is 3. The number of anilines is 1. The van der Waals surface area contributed by atoms with E-state index >= 15 is 0 Å². The smallest absolute Gasteiger partial charge is 0.338 e. The minimum atomic E-state index is -0.930. The van der Waals surface area contributed by atoms with Gasteiger partial charge in [-0.15, -0.1) is 0 Å². The Labute approximate surface area is 275 Å². The highest BCUT2D eigenvalue weighted by molar-refractivity contribution is 9.10. The highest BCUT2D eigenvalue weighted by Gasteiger charge is 2.38. The first-order valence-electron chi connectivity index (χ1n) is 14.0. The zero-order valence-corrected chi connectivity index (χ0v) is 27.9. The summed E-state index contributed by atoms with van der Waals surface area (Å²) in [5.41, 5.74) is 3.23. The number of benzene rings is 3. The van der Waals surface area contributed by atoms with E-state index in [0.29, 0.717) is 54.9 Å². The highest BCUT2D eigenvalue weighted by Crippen LogP contribution is 2.41. The fourth-order valence-corrected chi connectivity index (χ4v) is 7.45. The average Bonchev–Trinajstić information content (AvgIpc) is 3.49. The molecule has 45 heavy (non-hydrogen) atoms. The van der Waals surface area contributed by atoms with Crippen molar-refractivity contribution in [3.8, 4) is 11.5 Å². The zero-order chi connectivity index (χ0) is 32.0. The SMILES string of the molecule is CCOC(=O)C1=C(C)N=c2s/c(=C3/C(=O)N(Cc4ccc(Cl)cc4)c4ccccc43)c(=O)n2[C@@H]1c1cc(OC)c(OC)cc1Br. The monoisotopic (exact) mass is 707 g/mol. The molecule has 4 aromatic rings. The summed E-state index contributed by atoms with van der Waals surface area (Å²) in [6.07, 6.45) is 0. The van der Waals surface area contributed by atoms with Crippen molar-refractivity contribution in [1.82, 2.24) is 4.57 Å². The van der Waals surface area contributed by atoms with Gasteiger partial charge in [-0.3, -0.25) is 14.2 Å². The molecule has 3 aromatic carbocycles. The molecule has 0 radical (unpaired) electrons. The van der Waals surface area contributed by atoms with Crippen molar-refractivity contribution >= 4 is 62.0 Å². The van der Waals surface area contributed by atoms with Crippen molar-refractivity contribution < 1.29 is 23.8 Å². The van der Waals surface area contributed by atoms with Gasteiger partial charge in [0.2, 0.25) is 0 Å². The normalized spacial score (nSPS) is 16.7. The van der Waals surface area contributed by atoms with Crippen molar-refractivity contribution in [3.05, 3.63) is 118 Å². The summed E-state index contributed by atoms with van der Waals surface area (Å²) in [5, 5.41) is 0.599. The van der Waals surface area contributed by atoms with Crippen LogP contribution in [0.1, 0.15) is 36.6 Å². The van der Waals surface area contributed by atoms with E-state index in [2.05, 4.69) is 20.9 Å². The predicted octanol–water partition coefficient (Wildman–Crippen LogP) is 5.15. The van der Waals surface area contributed by atoms with Gasteiger partial charge >= 0.3 is 5.97 Å². The van der Waals surface area contributed by atoms with Gasteiger partial charge in [-0.25, -0.2) is 9.79 Å². The number of hydrogen-bond acceptors (Lipinski definition) is 8. The van der Waals surface area contributed by atoms with Gasteiger partial charge in [0.05, 0.1) is 55.9 Å². The molecule has 0 bridgehead atoms. The molecule has 1 aromatic heterocycles. The Morgan fingerprint density at radius 3 is 2.42 bits per heavy atom. The van der Waals surface area contributed by atoms with Crippen molar-refractivity contribution in [2.45, 2.75) is 26.4 Å². The maximum Gasteiger partial charge on any atom is 0.338 e. The van der Waals surface area contributed by atoms with E-state index in [9.17, 15) is 14.4 Å². The Hall–Kier alpha value is -4.19. The molecule has 2 aliphatic rings. The molecule has 230 valence electrons. The lowest BCUT2D eigenvalue weighted by molar-refractivity contribution is -0.139. The summed E-state index contributed by atoms with van der Waals surface area (Å²) in [4.78, 5) is 48.8. The van der Waals surface area contributed by atoms with Crippen LogP contribution in [0.2, 0.25) is 5.02 Å². The highest BCUT2D eigenvalue weighted by atomic mass is 79.9. The molecule has 0 fully saturated rings. The van der Waals surface area contributed by atoms with Crippen LogP contribution in [0.5, 0.6) is 11.5 Å². The molecule has 0 unspecified atom stereocenters. The third-order valence-corrected chi connectivity index (χ3v) is 9.69. The molecule has 3 heterocycles. The summed E-state index contributed by atoms with van der Waals surface area (Å²) in [6.45, 7) is 3.85. The van der Waals surface area contributed by atoms with Crippen LogP contribution < -0.4 is 29.3 Å². The number of rotatable bonds is 7. The van der Waals surface area contributed by atoms with Gasteiger partial charge in [0.15, 0.2) is 16.3 Å². The quantitative estimate of drug-likeness (QED) is 0.247. The first-order chi connectivity index (χ1) is 21.7. The van der Waals surface area contributed by atoms with Crippen LogP contribution in [-0.4, -0.2) is 37.3 Å². The number of para-hydroxylation sites is 1. The van der Waals surface area contributed by atoms with E-state index in [1.165, 1.54) is 18.8 Å². The summed E-state index contributed by atoms with van der Waals surface area (Å²) in [7, 11) is 3.03. The number of carbonyl (C=O) groups is 2. The van der Waals surface area contributed by atoms with Crippen molar-refractivity contribution in [2.24, 2.45) is 4.99 Å². The molecule has 2 aliphatic heterocycles. The molecular formula is C33H27BrClN3O6S. The molecule has 0 spiro atoms. The zero-order valence-electron chi connectivity index (χ0n) is 24.7. The Balaban J connectivity index is 1.60. The number of halogens is 2. The largest absolute Gasteiger partial charge is 0.493 e. The molecule has 12 heteroatoms. The second-order valence-electron chi connectivity index (χ2n) is 10.3. The maximum atomic E-state index is 14.5. The van der Waals surface area contributed by atoms with Gasteiger partial charge in [-0.2, -0.15) is 0 Å². The van der Waals surface area contributed by atoms with Crippen LogP contribution in [0.25, 0.3) is 5.57 Å². The van der Waals surface area contributed by atoms with Crippen LogP contribution in [0.15, 0.2) is 86.2 Å². The van der Waals surface area contributed by atoms with E-state index in [1.807, 2.05) is 36.4 Å². The van der Waals surface area contributed by atoms with Crippen molar-refractivity contribution in [1.29, 1.82) is 0 Å². The van der Waals surface area contributed by atoms with Gasteiger partial charge in [-0.05, 0) is 55.3 Å². The molecule has 9 nitrogen and oxygen atoms in total. The number of allylic oxidation sites excluding steroid dienone is 1. The topological polar surface area (TPSA) is 99.4 Å². The lowest BCUT2D eigenvalue weighted by Crippen LogP contribution is -2.41. The molecule has 1 amide bonds. The Kier molecular flexibility index (Phi) is 8.43. The molecule has 6 rings (SSSR count). The predicted molar refractivity (Wildman–Crippen MR) is 176 cm³/mol. The van der Waals surface area contributed by atoms with Crippen LogP contribution in [-0.2, 0) is 20.9 Å². The number of fused-ring (bicyclic) bond motifs is 2. The molecule has 0 aliphatic carbocycles. The number of hydrogen-bond donors (Lipinski definition) is 0. The first-order valence-corrected chi connectivity index (χ1v) is 16.0. The van der Waals surface area contributed by atoms with E-state index in [4.69, 9.17) is 25.8 Å².